The number of nitrogens with zero attached hydrogens (tertiary/aromatic N) is 5. The highest BCUT2D eigenvalue weighted by atomic mass is 19.1. The van der Waals surface area contributed by atoms with Crippen LogP contribution in [-0.2, 0) is 0 Å². The summed E-state index contributed by atoms with van der Waals surface area (Å²) in [4.78, 5) is 11.2. The van der Waals surface area contributed by atoms with Crippen molar-refractivity contribution < 1.29 is 9.50 Å². The number of fused-ring (bicyclic) bond motifs is 1. The number of hydrogen-bond donors (Lipinski definition) is 3. The molecule has 0 aliphatic carbocycles. The van der Waals surface area contributed by atoms with Gasteiger partial charge in [-0.15, -0.1) is 0 Å². The van der Waals surface area contributed by atoms with Crippen molar-refractivity contribution in [3.05, 3.63) is 53.5 Å². The number of pyridine rings is 2. The molecule has 1 unspecified atom stereocenters. The van der Waals surface area contributed by atoms with Gasteiger partial charge in [0.15, 0.2) is 5.65 Å². The molecule has 3 aromatic heterocycles. The number of anilines is 1. The van der Waals surface area contributed by atoms with Gasteiger partial charge in [0.2, 0.25) is 0 Å². The average molecular weight is 429 g/mol. The summed E-state index contributed by atoms with van der Waals surface area (Å²) in [7, 11) is 0. The quantitative estimate of drug-likeness (QED) is 0.456. The lowest BCUT2D eigenvalue weighted by Crippen LogP contribution is -2.26. The van der Waals surface area contributed by atoms with Crippen LogP contribution in [0.15, 0.2) is 36.5 Å². The van der Waals surface area contributed by atoms with E-state index in [0.717, 1.165) is 37.0 Å². The number of nitrogens with two attached hydrogens (primary N) is 1. The first kappa shape index (κ1) is 19.9. The van der Waals surface area contributed by atoms with Gasteiger partial charge >= 0.3 is 0 Å². The van der Waals surface area contributed by atoms with Gasteiger partial charge in [-0.3, -0.25) is 5.10 Å². The Hall–Kier alpha value is -4.03. The third-order valence-electron chi connectivity index (χ3n) is 5.86. The molecule has 32 heavy (non-hydrogen) atoms. The van der Waals surface area contributed by atoms with Gasteiger partial charge < -0.3 is 15.7 Å². The van der Waals surface area contributed by atoms with Gasteiger partial charge in [-0.25, -0.2) is 14.4 Å². The fourth-order valence-corrected chi connectivity index (χ4v) is 4.19. The number of phenolic OH excluding ortho intramolecular Hbond substituents is 1. The molecule has 1 aliphatic rings. The van der Waals surface area contributed by atoms with E-state index in [0.29, 0.717) is 22.3 Å². The molecule has 9 heteroatoms. The van der Waals surface area contributed by atoms with E-state index < -0.39 is 5.82 Å². The van der Waals surface area contributed by atoms with Crippen molar-refractivity contribution in [1.82, 2.24) is 20.2 Å². The molecular weight excluding hydrogens is 409 g/mol. The number of H-pyrrole nitrogens is 1. The molecule has 1 aliphatic heterocycles. The normalized spacial score (nSPS) is 15.9. The SMILES string of the molecule is Cc1c(C#N)c(-c2ccc(O)cc2F)nc2n[nH]c(-c3ccc(N4CCC(N)C4)nc3)c12. The molecule has 0 spiro atoms. The second-order valence-electron chi connectivity index (χ2n) is 7.93. The van der Waals surface area contributed by atoms with E-state index in [4.69, 9.17) is 5.73 Å². The Morgan fingerprint density at radius 1 is 1.31 bits per heavy atom. The number of aromatic amines is 1. The van der Waals surface area contributed by atoms with Gasteiger partial charge in [-0.1, -0.05) is 0 Å². The highest BCUT2D eigenvalue weighted by molar-refractivity contribution is 5.96. The standard InChI is InChI=1S/C23H20FN7O/c1-12-17(9-25)22(16-4-3-15(32)8-18(16)24)28-23-20(12)21(29-30-23)13-2-5-19(27-10-13)31-7-6-14(26)11-31/h2-5,8,10,14,32H,6-7,11,26H2,1H3,(H,28,29,30). The predicted octanol–water partition coefficient (Wildman–Crippen LogP) is 3.25. The first-order valence-electron chi connectivity index (χ1n) is 10.2. The van der Waals surface area contributed by atoms with Crippen LogP contribution in [0.4, 0.5) is 10.2 Å². The molecule has 0 bridgehead atoms. The van der Waals surface area contributed by atoms with Gasteiger partial charge in [0.05, 0.1) is 22.3 Å². The lowest BCUT2D eigenvalue weighted by molar-refractivity contribution is 0.469. The number of benzene rings is 1. The summed E-state index contributed by atoms with van der Waals surface area (Å²) < 4.78 is 14.5. The minimum atomic E-state index is -0.662. The highest BCUT2D eigenvalue weighted by Crippen LogP contribution is 2.35. The zero-order valence-electron chi connectivity index (χ0n) is 17.3. The number of aromatic hydroxyl groups is 1. The fraction of sp³-hybridized carbons (Fsp3) is 0.217. The molecule has 4 N–H and O–H groups in total. The smallest absolute Gasteiger partial charge is 0.182 e. The van der Waals surface area contributed by atoms with Crippen molar-refractivity contribution in [3.63, 3.8) is 0 Å². The second-order valence-corrected chi connectivity index (χ2v) is 7.93. The topological polar surface area (TPSA) is 128 Å². The van der Waals surface area contributed by atoms with Crippen LogP contribution in [0, 0.1) is 24.1 Å². The number of phenols is 1. The fourth-order valence-electron chi connectivity index (χ4n) is 4.19. The zero-order chi connectivity index (χ0) is 22.4. The Morgan fingerprint density at radius 2 is 2.16 bits per heavy atom. The van der Waals surface area contributed by atoms with E-state index in [1.54, 1.807) is 13.1 Å². The Morgan fingerprint density at radius 3 is 2.81 bits per heavy atom. The molecule has 4 aromatic rings. The molecule has 1 saturated heterocycles. The van der Waals surface area contributed by atoms with Gasteiger partial charge in [-0.05, 0) is 43.2 Å². The molecule has 4 heterocycles. The number of rotatable bonds is 3. The molecule has 1 aromatic carbocycles. The summed E-state index contributed by atoms with van der Waals surface area (Å²) in [5.41, 5.74) is 9.06. The summed E-state index contributed by atoms with van der Waals surface area (Å²) in [5.74, 6) is 0.00424. The highest BCUT2D eigenvalue weighted by Gasteiger charge is 2.23. The Bertz CT molecular complexity index is 1370. The summed E-state index contributed by atoms with van der Waals surface area (Å²) in [5, 5.41) is 27.3. The van der Waals surface area contributed by atoms with E-state index in [-0.39, 0.29) is 28.6 Å². The number of nitriles is 1. The van der Waals surface area contributed by atoms with E-state index in [2.05, 4.69) is 31.1 Å². The molecule has 0 radical (unpaired) electrons. The Kier molecular flexibility index (Phi) is 4.72. The van der Waals surface area contributed by atoms with E-state index in [1.807, 2.05) is 12.1 Å². The van der Waals surface area contributed by atoms with Crippen molar-refractivity contribution in [2.75, 3.05) is 18.0 Å². The second kappa shape index (κ2) is 7.59. The minimum Gasteiger partial charge on any atom is -0.508 e. The summed E-state index contributed by atoms with van der Waals surface area (Å²) in [6, 6.07) is 9.95. The molecular formula is C23H20FN7O. The number of aromatic nitrogens is 4. The van der Waals surface area contributed by atoms with E-state index in [9.17, 15) is 14.8 Å². The van der Waals surface area contributed by atoms with Gasteiger partial charge in [-0.2, -0.15) is 10.4 Å². The van der Waals surface area contributed by atoms with Gasteiger partial charge in [0.25, 0.3) is 0 Å². The van der Waals surface area contributed by atoms with Crippen LogP contribution in [0.25, 0.3) is 33.5 Å². The number of halogens is 1. The molecule has 5 rings (SSSR count). The third-order valence-corrected chi connectivity index (χ3v) is 5.86. The number of nitrogens with one attached hydrogen (secondary N) is 1. The summed E-state index contributed by atoms with van der Waals surface area (Å²) in [6.45, 7) is 3.45. The lowest BCUT2D eigenvalue weighted by Gasteiger charge is -2.16. The molecule has 1 atom stereocenters. The summed E-state index contributed by atoms with van der Waals surface area (Å²) in [6.07, 6.45) is 2.70. The van der Waals surface area contributed by atoms with Crippen LogP contribution in [-0.4, -0.2) is 44.4 Å². The van der Waals surface area contributed by atoms with Crippen LogP contribution in [0.1, 0.15) is 17.5 Å². The van der Waals surface area contributed by atoms with Crippen LogP contribution >= 0.6 is 0 Å². The first-order valence-corrected chi connectivity index (χ1v) is 10.2. The van der Waals surface area contributed by atoms with Gasteiger partial charge in [0, 0.05) is 42.5 Å². The van der Waals surface area contributed by atoms with Crippen LogP contribution < -0.4 is 10.6 Å². The lowest BCUT2D eigenvalue weighted by atomic mass is 9.98. The Labute approximate surface area is 183 Å². The van der Waals surface area contributed by atoms with Crippen molar-refractivity contribution in [3.8, 4) is 34.3 Å². The van der Waals surface area contributed by atoms with Crippen molar-refractivity contribution >= 4 is 16.9 Å². The van der Waals surface area contributed by atoms with Crippen LogP contribution in [0.3, 0.4) is 0 Å². The largest absolute Gasteiger partial charge is 0.508 e. The van der Waals surface area contributed by atoms with Crippen molar-refractivity contribution in [2.45, 2.75) is 19.4 Å². The van der Waals surface area contributed by atoms with E-state index >= 15 is 0 Å². The zero-order valence-corrected chi connectivity index (χ0v) is 17.3. The number of aryl methyl sites for hydroxylation is 1. The van der Waals surface area contributed by atoms with Crippen LogP contribution in [0.5, 0.6) is 5.75 Å². The van der Waals surface area contributed by atoms with Crippen molar-refractivity contribution in [1.29, 1.82) is 5.26 Å². The maximum absolute atomic E-state index is 14.5. The molecule has 1 fully saturated rings. The molecule has 8 nitrogen and oxygen atoms in total. The molecule has 160 valence electrons. The maximum atomic E-state index is 14.5. The van der Waals surface area contributed by atoms with Gasteiger partial charge in [0.1, 0.15) is 23.5 Å². The number of hydrogen-bond acceptors (Lipinski definition) is 7. The minimum absolute atomic E-state index is 0.128. The average Bonchev–Trinajstić information content (AvgIpc) is 3.40. The van der Waals surface area contributed by atoms with Crippen LogP contribution in [0.2, 0.25) is 0 Å². The van der Waals surface area contributed by atoms with E-state index in [1.165, 1.54) is 12.1 Å². The summed E-state index contributed by atoms with van der Waals surface area (Å²) >= 11 is 0. The molecule has 0 amide bonds. The Balaban J connectivity index is 1.60. The predicted molar refractivity (Wildman–Crippen MR) is 118 cm³/mol. The monoisotopic (exact) mass is 429 g/mol. The van der Waals surface area contributed by atoms with Crippen molar-refractivity contribution in [2.24, 2.45) is 5.73 Å². The third kappa shape index (κ3) is 3.21. The first-order chi connectivity index (χ1) is 15.5. The maximum Gasteiger partial charge on any atom is 0.182 e. The molecule has 0 saturated carbocycles.